The quantitative estimate of drug-likeness (QED) is 0.729. The van der Waals surface area contributed by atoms with Crippen LogP contribution in [0, 0.1) is 12.8 Å². The van der Waals surface area contributed by atoms with Gasteiger partial charge in [-0.2, -0.15) is 0 Å². The molecule has 1 heterocycles. The molecule has 1 saturated carbocycles. The van der Waals surface area contributed by atoms with Crippen LogP contribution in [-0.2, 0) is 0 Å². The maximum absolute atomic E-state index is 11.4. The first-order valence-electron chi connectivity index (χ1n) is 6.06. The molecule has 0 unspecified atom stereocenters. The number of thiazole rings is 1. The van der Waals surface area contributed by atoms with Gasteiger partial charge in [-0.3, -0.25) is 4.79 Å². The van der Waals surface area contributed by atoms with E-state index in [9.17, 15) is 4.79 Å². The maximum Gasteiger partial charge on any atom is 0.171 e. The Labute approximate surface area is 101 Å². The van der Waals surface area contributed by atoms with Gasteiger partial charge in [-0.15, -0.1) is 11.3 Å². The fourth-order valence-electron chi connectivity index (χ4n) is 2.43. The first-order valence-corrected chi connectivity index (χ1v) is 6.88. The van der Waals surface area contributed by atoms with Crippen molar-refractivity contribution < 1.29 is 4.79 Å². The molecule has 16 heavy (non-hydrogen) atoms. The second kappa shape index (κ2) is 4.66. The van der Waals surface area contributed by atoms with Gasteiger partial charge in [0.25, 0.3) is 0 Å². The SMILES string of the molecule is CC(=O)c1sc(C2CCC(C)CC2)nc1C. The molecule has 0 amide bonds. The number of rotatable bonds is 2. The number of aryl methyl sites for hydroxylation is 1. The van der Waals surface area contributed by atoms with Gasteiger partial charge in [0.15, 0.2) is 5.78 Å². The van der Waals surface area contributed by atoms with Crippen molar-refractivity contribution in [1.29, 1.82) is 0 Å². The van der Waals surface area contributed by atoms with Crippen molar-refractivity contribution in [2.24, 2.45) is 5.92 Å². The fraction of sp³-hybridized carbons (Fsp3) is 0.692. The Hall–Kier alpha value is -0.700. The van der Waals surface area contributed by atoms with Crippen molar-refractivity contribution in [2.45, 2.75) is 52.4 Å². The molecule has 2 rings (SSSR count). The summed E-state index contributed by atoms with van der Waals surface area (Å²) >= 11 is 1.61. The van der Waals surface area contributed by atoms with Crippen molar-refractivity contribution in [1.82, 2.24) is 4.98 Å². The number of hydrogen-bond acceptors (Lipinski definition) is 3. The number of nitrogens with zero attached hydrogens (tertiary/aromatic N) is 1. The fourth-order valence-corrected chi connectivity index (χ4v) is 3.56. The van der Waals surface area contributed by atoms with Gasteiger partial charge in [0, 0.05) is 12.8 Å². The van der Waals surface area contributed by atoms with E-state index >= 15 is 0 Å². The minimum absolute atomic E-state index is 0.158. The Bertz CT molecular complexity index is 389. The van der Waals surface area contributed by atoms with Crippen molar-refractivity contribution in [3.63, 3.8) is 0 Å². The van der Waals surface area contributed by atoms with Crippen LogP contribution in [0.25, 0.3) is 0 Å². The highest BCUT2D eigenvalue weighted by molar-refractivity contribution is 7.13. The summed E-state index contributed by atoms with van der Waals surface area (Å²) in [5.74, 6) is 1.63. The summed E-state index contributed by atoms with van der Waals surface area (Å²) in [6, 6.07) is 0. The summed E-state index contributed by atoms with van der Waals surface area (Å²) < 4.78 is 0. The molecule has 3 heteroatoms. The lowest BCUT2D eigenvalue weighted by molar-refractivity contribution is 0.102. The normalized spacial score (nSPS) is 25.7. The number of aromatic nitrogens is 1. The highest BCUT2D eigenvalue weighted by atomic mass is 32.1. The smallest absolute Gasteiger partial charge is 0.171 e. The van der Waals surface area contributed by atoms with Crippen LogP contribution in [0.3, 0.4) is 0 Å². The van der Waals surface area contributed by atoms with E-state index in [1.54, 1.807) is 18.3 Å². The molecule has 0 aromatic carbocycles. The van der Waals surface area contributed by atoms with Gasteiger partial charge in [-0.1, -0.05) is 19.8 Å². The molecular weight excluding hydrogens is 218 g/mol. The van der Waals surface area contributed by atoms with Crippen LogP contribution in [-0.4, -0.2) is 10.8 Å². The van der Waals surface area contributed by atoms with Gasteiger partial charge >= 0.3 is 0 Å². The van der Waals surface area contributed by atoms with Crippen LogP contribution in [0.4, 0.5) is 0 Å². The van der Waals surface area contributed by atoms with Crippen LogP contribution in [0.15, 0.2) is 0 Å². The van der Waals surface area contributed by atoms with Crippen LogP contribution in [0.5, 0.6) is 0 Å². The first kappa shape index (κ1) is 11.8. The topological polar surface area (TPSA) is 30.0 Å². The molecule has 0 saturated heterocycles. The summed E-state index contributed by atoms with van der Waals surface area (Å²) in [4.78, 5) is 16.8. The van der Waals surface area contributed by atoms with Crippen molar-refractivity contribution in [3.05, 3.63) is 15.6 Å². The lowest BCUT2D eigenvalue weighted by atomic mass is 9.83. The summed E-state index contributed by atoms with van der Waals surface area (Å²) in [5.41, 5.74) is 0.922. The van der Waals surface area contributed by atoms with E-state index in [1.165, 1.54) is 30.7 Å². The molecule has 0 spiro atoms. The van der Waals surface area contributed by atoms with E-state index in [4.69, 9.17) is 0 Å². The van der Waals surface area contributed by atoms with Gasteiger partial charge in [0.05, 0.1) is 15.6 Å². The maximum atomic E-state index is 11.4. The minimum Gasteiger partial charge on any atom is -0.294 e. The van der Waals surface area contributed by atoms with E-state index in [2.05, 4.69) is 11.9 Å². The molecule has 1 aliphatic carbocycles. The zero-order chi connectivity index (χ0) is 11.7. The van der Waals surface area contributed by atoms with E-state index in [0.29, 0.717) is 5.92 Å². The van der Waals surface area contributed by atoms with Gasteiger partial charge in [-0.05, 0) is 25.7 Å². The summed E-state index contributed by atoms with van der Waals surface area (Å²) in [5, 5.41) is 1.19. The molecule has 0 atom stereocenters. The Morgan fingerprint density at radius 1 is 1.31 bits per heavy atom. The number of Topliss-reactive ketones (excluding diaryl/α,β-unsaturated/α-hetero) is 1. The summed E-state index contributed by atoms with van der Waals surface area (Å²) in [7, 11) is 0. The molecule has 1 aromatic rings. The zero-order valence-corrected chi connectivity index (χ0v) is 11.1. The van der Waals surface area contributed by atoms with Gasteiger partial charge < -0.3 is 0 Å². The Morgan fingerprint density at radius 3 is 2.44 bits per heavy atom. The molecule has 88 valence electrons. The number of carbonyl (C=O) groups is 1. The molecule has 0 radical (unpaired) electrons. The molecule has 1 aliphatic rings. The van der Waals surface area contributed by atoms with Gasteiger partial charge in [0.2, 0.25) is 0 Å². The standard InChI is InChI=1S/C13H19NOS/c1-8-4-6-11(7-5-8)13-14-9(2)12(16-13)10(3)15/h8,11H,4-7H2,1-3H3. The van der Waals surface area contributed by atoms with Crippen molar-refractivity contribution >= 4 is 17.1 Å². The molecule has 2 nitrogen and oxygen atoms in total. The minimum atomic E-state index is 0.158. The molecule has 1 aromatic heterocycles. The second-order valence-corrected chi connectivity index (χ2v) is 6.01. The van der Waals surface area contributed by atoms with E-state index in [-0.39, 0.29) is 5.78 Å². The summed E-state index contributed by atoms with van der Waals surface area (Å²) in [6.07, 6.45) is 5.09. The van der Waals surface area contributed by atoms with E-state index in [1.807, 2.05) is 6.92 Å². The number of ketones is 1. The summed E-state index contributed by atoms with van der Waals surface area (Å²) in [6.45, 7) is 5.90. The number of carbonyl (C=O) groups excluding carboxylic acids is 1. The second-order valence-electron chi connectivity index (χ2n) is 4.98. The van der Waals surface area contributed by atoms with Crippen LogP contribution >= 0.6 is 11.3 Å². The van der Waals surface area contributed by atoms with Crippen LogP contribution in [0.2, 0.25) is 0 Å². The average Bonchev–Trinajstić information content (AvgIpc) is 2.61. The van der Waals surface area contributed by atoms with Crippen molar-refractivity contribution in [3.8, 4) is 0 Å². The third-order valence-electron chi connectivity index (χ3n) is 3.50. The van der Waals surface area contributed by atoms with Gasteiger partial charge in [0.1, 0.15) is 0 Å². The third-order valence-corrected chi connectivity index (χ3v) is 4.92. The van der Waals surface area contributed by atoms with Crippen LogP contribution < -0.4 is 0 Å². The predicted molar refractivity (Wildman–Crippen MR) is 67.2 cm³/mol. The van der Waals surface area contributed by atoms with Crippen molar-refractivity contribution in [2.75, 3.05) is 0 Å². The van der Waals surface area contributed by atoms with E-state index < -0.39 is 0 Å². The zero-order valence-electron chi connectivity index (χ0n) is 10.2. The number of hydrogen-bond donors (Lipinski definition) is 0. The van der Waals surface area contributed by atoms with Gasteiger partial charge in [-0.25, -0.2) is 4.98 Å². The highest BCUT2D eigenvalue weighted by Gasteiger charge is 2.23. The third kappa shape index (κ3) is 2.34. The lowest BCUT2D eigenvalue weighted by Gasteiger charge is -2.24. The molecule has 0 bridgehead atoms. The predicted octanol–water partition coefficient (Wildman–Crippen LogP) is 3.95. The average molecular weight is 237 g/mol. The first-order chi connectivity index (χ1) is 7.58. The molecule has 0 aliphatic heterocycles. The Morgan fingerprint density at radius 2 is 1.94 bits per heavy atom. The Kier molecular flexibility index (Phi) is 3.43. The largest absolute Gasteiger partial charge is 0.294 e. The highest BCUT2D eigenvalue weighted by Crippen LogP contribution is 2.37. The lowest BCUT2D eigenvalue weighted by Crippen LogP contribution is -2.10. The molecule has 0 N–H and O–H groups in total. The molecular formula is C13H19NOS. The molecule has 1 fully saturated rings. The van der Waals surface area contributed by atoms with Crippen LogP contribution in [0.1, 0.15) is 65.8 Å². The Balaban J connectivity index is 2.15. The monoisotopic (exact) mass is 237 g/mol. The van der Waals surface area contributed by atoms with E-state index in [0.717, 1.165) is 16.5 Å².